The summed E-state index contributed by atoms with van der Waals surface area (Å²) in [5.74, 6) is 3.05. The Hall–Kier alpha value is -2.10. The van der Waals surface area contributed by atoms with E-state index in [1.807, 2.05) is 13.1 Å². The minimum absolute atomic E-state index is 0.591. The van der Waals surface area contributed by atoms with Crippen molar-refractivity contribution in [2.24, 2.45) is 0 Å². The van der Waals surface area contributed by atoms with Gasteiger partial charge in [0, 0.05) is 61.2 Å². The number of anilines is 1. The van der Waals surface area contributed by atoms with Crippen molar-refractivity contribution in [2.75, 3.05) is 55.8 Å². The maximum absolute atomic E-state index is 11.6. The van der Waals surface area contributed by atoms with Gasteiger partial charge in [0.05, 0.1) is 18.6 Å². The van der Waals surface area contributed by atoms with E-state index in [2.05, 4.69) is 30.8 Å². The van der Waals surface area contributed by atoms with Crippen molar-refractivity contribution >= 4 is 38.8 Å². The van der Waals surface area contributed by atoms with E-state index in [-0.39, 0.29) is 0 Å². The number of fused-ring (bicyclic) bond motifs is 3. The van der Waals surface area contributed by atoms with E-state index in [1.54, 1.807) is 0 Å². The molecular weight excluding hydrogens is 378 g/mol. The molecule has 148 valence electrons. The van der Waals surface area contributed by atoms with Crippen molar-refractivity contribution in [3.05, 3.63) is 23.7 Å². The largest absolute Gasteiger partial charge is 0.432 e. The van der Waals surface area contributed by atoms with Gasteiger partial charge >= 0.3 is 0 Å². The maximum atomic E-state index is 11.6. The van der Waals surface area contributed by atoms with E-state index < -0.39 is 10.8 Å². The van der Waals surface area contributed by atoms with E-state index in [0.717, 1.165) is 72.3 Å². The van der Waals surface area contributed by atoms with Gasteiger partial charge in [-0.25, -0.2) is 15.0 Å². The first-order valence-corrected chi connectivity index (χ1v) is 11.1. The van der Waals surface area contributed by atoms with Crippen LogP contribution in [0.2, 0.25) is 0 Å². The van der Waals surface area contributed by atoms with Crippen LogP contribution in [0.3, 0.4) is 0 Å². The second kappa shape index (κ2) is 7.38. The number of aromatic nitrogens is 3. The lowest BCUT2D eigenvalue weighted by Crippen LogP contribution is -2.37. The van der Waals surface area contributed by atoms with Gasteiger partial charge in [0.25, 0.3) is 0 Å². The molecule has 2 fully saturated rings. The van der Waals surface area contributed by atoms with Gasteiger partial charge in [-0.2, -0.15) is 0 Å². The third kappa shape index (κ3) is 3.38. The Morgan fingerprint density at radius 1 is 1.14 bits per heavy atom. The zero-order valence-electron chi connectivity index (χ0n) is 15.9. The van der Waals surface area contributed by atoms with Crippen LogP contribution in [-0.2, 0) is 22.1 Å². The van der Waals surface area contributed by atoms with Crippen LogP contribution in [-0.4, -0.2) is 75.0 Å². The number of hydrogen-bond donors (Lipinski definition) is 0. The van der Waals surface area contributed by atoms with Gasteiger partial charge in [0.2, 0.25) is 5.71 Å². The van der Waals surface area contributed by atoms with Crippen molar-refractivity contribution in [1.82, 2.24) is 19.9 Å². The highest BCUT2D eigenvalue weighted by molar-refractivity contribution is 7.85. The molecule has 0 unspecified atom stereocenters. The third-order valence-corrected chi connectivity index (χ3v) is 6.58. The quantitative estimate of drug-likeness (QED) is 0.653. The topological polar surface area (TPSA) is 84.6 Å². The summed E-state index contributed by atoms with van der Waals surface area (Å²) in [7, 11) is -0.664. The molecule has 5 rings (SSSR count). The molecule has 3 aromatic rings. The first-order valence-electron chi connectivity index (χ1n) is 9.63. The van der Waals surface area contributed by atoms with Crippen LogP contribution in [0.5, 0.6) is 0 Å². The minimum Gasteiger partial charge on any atom is -0.432 e. The van der Waals surface area contributed by atoms with E-state index in [0.29, 0.717) is 24.5 Å². The molecule has 2 saturated heterocycles. The van der Waals surface area contributed by atoms with E-state index in [9.17, 15) is 4.21 Å². The van der Waals surface area contributed by atoms with Crippen LogP contribution in [0, 0.1) is 6.92 Å². The van der Waals surface area contributed by atoms with Gasteiger partial charge in [-0.3, -0.25) is 9.11 Å². The molecule has 3 aromatic heterocycles. The van der Waals surface area contributed by atoms with E-state index in [4.69, 9.17) is 9.15 Å². The number of morpholine rings is 1. The summed E-state index contributed by atoms with van der Waals surface area (Å²) in [5, 5.41) is 0.924. The lowest BCUT2D eigenvalue weighted by molar-refractivity contribution is 0.122. The van der Waals surface area contributed by atoms with Gasteiger partial charge < -0.3 is 14.1 Å². The average molecular weight is 401 g/mol. The van der Waals surface area contributed by atoms with Gasteiger partial charge in [0.1, 0.15) is 11.3 Å². The molecule has 28 heavy (non-hydrogen) atoms. The van der Waals surface area contributed by atoms with Gasteiger partial charge in [-0.05, 0) is 18.6 Å². The SMILES string of the molecule is Cc1nc(N2CCOCC2)c2oc3ncc(CN4CCS(=O)CC4)cc3c2n1. The Kier molecular flexibility index (Phi) is 4.73. The van der Waals surface area contributed by atoms with Crippen LogP contribution in [0.15, 0.2) is 16.7 Å². The number of ether oxygens (including phenoxy) is 1. The molecule has 0 atom stereocenters. The molecule has 0 N–H and O–H groups in total. The number of aryl methyl sites for hydroxylation is 1. The fraction of sp³-hybridized carbons (Fsp3) is 0.526. The molecule has 0 aliphatic carbocycles. The van der Waals surface area contributed by atoms with Crippen LogP contribution in [0.25, 0.3) is 22.2 Å². The zero-order valence-corrected chi connectivity index (χ0v) is 16.7. The van der Waals surface area contributed by atoms with E-state index >= 15 is 0 Å². The molecule has 8 nitrogen and oxygen atoms in total. The molecule has 2 aliphatic heterocycles. The predicted molar refractivity (Wildman–Crippen MR) is 108 cm³/mol. The summed E-state index contributed by atoms with van der Waals surface area (Å²) in [6, 6.07) is 2.12. The Morgan fingerprint density at radius 3 is 2.71 bits per heavy atom. The van der Waals surface area contributed by atoms with Crippen LogP contribution in [0.1, 0.15) is 11.4 Å². The molecule has 2 aliphatic rings. The second-order valence-corrected chi connectivity index (χ2v) is 8.99. The number of furan rings is 1. The molecule has 0 amide bonds. The van der Waals surface area contributed by atoms with Crippen molar-refractivity contribution < 1.29 is 13.4 Å². The Bertz CT molecular complexity index is 1040. The Labute approximate surface area is 165 Å². The van der Waals surface area contributed by atoms with Crippen molar-refractivity contribution in [3.8, 4) is 0 Å². The third-order valence-electron chi connectivity index (χ3n) is 5.31. The smallest absolute Gasteiger partial charge is 0.229 e. The molecule has 0 spiro atoms. The molecule has 9 heteroatoms. The molecule has 0 saturated carbocycles. The Morgan fingerprint density at radius 2 is 1.93 bits per heavy atom. The maximum Gasteiger partial charge on any atom is 0.229 e. The van der Waals surface area contributed by atoms with Crippen LogP contribution < -0.4 is 4.90 Å². The summed E-state index contributed by atoms with van der Waals surface area (Å²) < 4.78 is 23.1. The summed E-state index contributed by atoms with van der Waals surface area (Å²) in [4.78, 5) is 18.4. The van der Waals surface area contributed by atoms with Crippen molar-refractivity contribution in [3.63, 3.8) is 0 Å². The predicted octanol–water partition coefficient (Wildman–Crippen LogP) is 1.48. The number of nitrogens with zero attached hydrogens (tertiary/aromatic N) is 5. The van der Waals surface area contributed by atoms with Gasteiger partial charge in [-0.15, -0.1) is 0 Å². The lowest BCUT2D eigenvalue weighted by Gasteiger charge is -2.27. The first kappa shape index (κ1) is 18.0. The Balaban J connectivity index is 1.52. The van der Waals surface area contributed by atoms with Gasteiger partial charge in [-0.1, -0.05) is 0 Å². The monoisotopic (exact) mass is 401 g/mol. The van der Waals surface area contributed by atoms with Crippen molar-refractivity contribution in [2.45, 2.75) is 13.5 Å². The molecule has 0 bridgehead atoms. The van der Waals surface area contributed by atoms with Crippen LogP contribution >= 0.6 is 0 Å². The fourth-order valence-corrected chi connectivity index (χ4v) is 4.96. The first-order chi connectivity index (χ1) is 13.7. The van der Waals surface area contributed by atoms with Crippen LogP contribution in [0.4, 0.5) is 5.82 Å². The number of pyridine rings is 1. The molecular formula is C19H23N5O3S. The molecule has 5 heterocycles. The van der Waals surface area contributed by atoms with Crippen molar-refractivity contribution in [1.29, 1.82) is 0 Å². The summed E-state index contributed by atoms with van der Waals surface area (Å²) in [6.45, 7) is 7.38. The highest BCUT2D eigenvalue weighted by atomic mass is 32.2. The number of rotatable bonds is 3. The normalized spacial score (nSPS) is 19.7. The second-order valence-electron chi connectivity index (χ2n) is 7.29. The summed E-state index contributed by atoms with van der Waals surface area (Å²) >= 11 is 0. The van der Waals surface area contributed by atoms with E-state index in [1.165, 1.54) is 0 Å². The highest BCUT2D eigenvalue weighted by Crippen LogP contribution is 2.33. The average Bonchev–Trinajstić information content (AvgIpc) is 3.08. The minimum atomic E-state index is -0.664. The molecule has 0 aromatic carbocycles. The standard InChI is InChI=1S/C19H23N5O3S/c1-13-21-16-15-10-14(12-23-4-8-28(25)9-5-23)11-20-19(15)27-17(16)18(22-13)24-2-6-26-7-3-24/h10-11H,2-9,12H2,1H3. The van der Waals surface area contributed by atoms with Gasteiger partial charge in [0.15, 0.2) is 11.4 Å². The highest BCUT2D eigenvalue weighted by Gasteiger charge is 2.22. The summed E-state index contributed by atoms with van der Waals surface area (Å²) in [6.07, 6.45) is 1.87. The lowest BCUT2D eigenvalue weighted by atomic mass is 10.2. The summed E-state index contributed by atoms with van der Waals surface area (Å²) in [5.41, 5.74) is 3.22. The zero-order chi connectivity index (χ0) is 19.1. The fourth-order valence-electron chi connectivity index (χ4n) is 3.84. The number of hydrogen-bond acceptors (Lipinski definition) is 8. The molecule has 0 radical (unpaired) electrons.